The smallest absolute Gasteiger partial charge is 0.245 e. The molecule has 2 N–H and O–H groups in total. The van der Waals surface area contributed by atoms with Crippen LogP contribution in [0.25, 0.3) is 0 Å². The quantitative estimate of drug-likeness (QED) is 0.791. The second kappa shape index (κ2) is 6.13. The maximum absolute atomic E-state index is 12.7. The number of carbonyl (C=O) groups is 1. The van der Waals surface area contributed by atoms with Gasteiger partial charge in [0.1, 0.15) is 12.3 Å². The van der Waals surface area contributed by atoms with Crippen LogP contribution in [0.3, 0.4) is 0 Å². The minimum Gasteiger partial charge on any atom is -0.508 e. The van der Waals surface area contributed by atoms with Gasteiger partial charge in [0.15, 0.2) is 0 Å². The molecule has 8 heteroatoms. The van der Waals surface area contributed by atoms with Gasteiger partial charge in [-0.2, -0.15) is 0 Å². The summed E-state index contributed by atoms with van der Waals surface area (Å²) in [4.78, 5) is 11.7. The fourth-order valence-electron chi connectivity index (χ4n) is 2.32. The van der Waals surface area contributed by atoms with Gasteiger partial charge in [0.2, 0.25) is 15.9 Å². The Hall–Kier alpha value is -1.80. The summed E-state index contributed by atoms with van der Waals surface area (Å²) in [6, 6.07) is 4.19. The van der Waals surface area contributed by atoms with Crippen LogP contribution in [-0.4, -0.2) is 44.9 Å². The standard InChI is InChI=1S/C14H20N2O5S/c1-9(2)13(21-3)8-22(19,20)16-7-14(18)15-11-5-4-10(17)6-12(11)16/h4-6,9,13,17H,7-8H2,1-3H3,(H,15,18). The third kappa shape index (κ3) is 3.33. The van der Waals surface area contributed by atoms with E-state index in [0.717, 1.165) is 4.31 Å². The molecule has 1 aliphatic heterocycles. The van der Waals surface area contributed by atoms with Crippen molar-refractivity contribution in [1.29, 1.82) is 0 Å². The van der Waals surface area contributed by atoms with Crippen LogP contribution in [0.4, 0.5) is 11.4 Å². The van der Waals surface area contributed by atoms with Crippen molar-refractivity contribution in [2.24, 2.45) is 5.92 Å². The van der Waals surface area contributed by atoms with E-state index in [-0.39, 0.29) is 29.7 Å². The molecule has 1 heterocycles. The van der Waals surface area contributed by atoms with Gasteiger partial charge >= 0.3 is 0 Å². The van der Waals surface area contributed by atoms with Gasteiger partial charge < -0.3 is 15.2 Å². The summed E-state index contributed by atoms with van der Waals surface area (Å²) < 4.78 is 31.6. The Balaban J connectivity index is 2.39. The Bertz CT molecular complexity index is 672. The predicted molar refractivity (Wildman–Crippen MR) is 83.5 cm³/mol. The zero-order valence-electron chi connectivity index (χ0n) is 12.7. The number of rotatable bonds is 5. The third-order valence-electron chi connectivity index (χ3n) is 3.57. The Morgan fingerprint density at radius 3 is 2.68 bits per heavy atom. The minimum atomic E-state index is -3.77. The SMILES string of the molecule is COC(CS(=O)(=O)N1CC(=O)Nc2ccc(O)cc21)C(C)C. The van der Waals surface area contributed by atoms with Crippen LogP contribution < -0.4 is 9.62 Å². The van der Waals surface area contributed by atoms with E-state index in [2.05, 4.69) is 5.32 Å². The maximum atomic E-state index is 12.7. The number of anilines is 2. The topological polar surface area (TPSA) is 95.9 Å². The first-order valence-electron chi connectivity index (χ1n) is 6.90. The molecule has 1 atom stereocenters. The highest BCUT2D eigenvalue weighted by molar-refractivity contribution is 7.92. The van der Waals surface area contributed by atoms with Crippen molar-refractivity contribution in [3.63, 3.8) is 0 Å². The fourth-order valence-corrected chi connectivity index (χ4v) is 4.20. The van der Waals surface area contributed by atoms with Gasteiger partial charge in [0.05, 0.1) is 23.2 Å². The summed E-state index contributed by atoms with van der Waals surface area (Å²) in [6.07, 6.45) is -0.476. The van der Waals surface area contributed by atoms with Gasteiger partial charge in [-0.3, -0.25) is 9.10 Å². The molecule has 0 aromatic heterocycles. The number of phenols is 1. The molecule has 0 saturated carbocycles. The van der Waals surface area contributed by atoms with Crippen LogP contribution in [0.1, 0.15) is 13.8 Å². The molecule has 0 radical (unpaired) electrons. The van der Waals surface area contributed by atoms with Gasteiger partial charge in [-0.05, 0) is 18.1 Å². The molecule has 0 aliphatic carbocycles. The monoisotopic (exact) mass is 328 g/mol. The summed E-state index contributed by atoms with van der Waals surface area (Å²) in [7, 11) is -2.31. The second-order valence-corrected chi connectivity index (χ2v) is 7.49. The highest BCUT2D eigenvalue weighted by Gasteiger charge is 2.34. The molecule has 0 spiro atoms. The lowest BCUT2D eigenvalue weighted by Gasteiger charge is -2.31. The Morgan fingerprint density at radius 1 is 1.41 bits per heavy atom. The van der Waals surface area contributed by atoms with E-state index in [1.807, 2.05) is 13.8 Å². The van der Waals surface area contributed by atoms with E-state index >= 15 is 0 Å². The van der Waals surface area contributed by atoms with Crippen LogP contribution in [-0.2, 0) is 19.6 Å². The number of amides is 1. The lowest BCUT2D eigenvalue weighted by Crippen LogP contribution is -2.45. The van der Waals surface area contributed by atoms with Gasteiger partial charge in [0.25, 0.3) is 0 Å². The van der Waals surface area contributed by atoms with E-state index in [9.17, 15) is 18.3 Å². The molecule has 1 aromatic carbocycles. The number of hydrogen-bond acceptors (Lipinski definition) is 5. The second-order valence-electron chi connectivity index (χ2n) is 5.55. The van der Waals surface area contributed by atoms with E-state index < -0.39 is 22.0 Å². The first kappa shape index (κ1) is 16.6. The number of nitrogens with one attached hydrogen (secondary N) is 1. The molecule has 1 amide bonds. The first-order chi connectivity index (χ1) is 10.2. The highest BCUT2D eigenvalue weighted by atomic mass is 32.2. The van der Waals surface area contributed by atoms with Crippen molar-refractivity contribution in [1.82, 2.24) is 0 Å². The Labute approximate surface area is 129 Å². The van der Waals surface area contributed by atoms with E-state index in [4.69, 9.17) is 4.74 Å². The van der Waals surface area contributed by atoms with Gasteiger partial charge in [-0.25, -0.2) is 8.42 Å². The molecule has 22 heavy (non-hydrogen) atoms. The number of phenolic OH excluding ortho intramolecular Hbond substituents is 1. The first-order valence-corrected chi connectivity index (χ1v) is 8.51. The number of methoxy groups -OCH3 is 1. The van der Waals surface area contributed by atoms with Crippen molar-refractivity contribution in [2.45, 2.75) is 20.0 Å². The van der Waals surface area contributed by atoms with Crippen molar-refractivity contribution in [3.8, 4) is 5.75 Å². The summed E-state index contributed by atoms with van der Waals surface area (Å²) in [5, 5.41) is 12.2. The van der Waals surface area contributed by atoms with Crippen LogP contribution in [0.2, 0.25) is 0 Å². The molecule has 122 valence electrons. The summed E-state index contributed by atoms with van der Waals surface area (Å²) in [6.45, 7) is 3.42. The summed E-state index contributed by atoms with van der Waals surface area (Å²) in [5.41, 5.74) is 0.620. The number of ether oxygens (including phenoxy) is 1. The molecule has 1 aromatic rings. The molecule has 0 saturated heterocycles. The number of carbonyl (C=O) groups excluding carboxylic acids is 1. The largest absolute Gasteiger partial charge is 0.508 e. The third-order valence-corrected chi connectivity index (χ3v) is 5.32. The lowest BCUT2D eigenvalue weighted by molar-refractivity contribution is -0.115. The normalized spacial score (nSPS) is 16.4. The van der Waals surface area contributed by atoms with Gasteiger partial charge in [-0.15, -0.1) is 0 Å². The number of sulfonamides is 1. The number of aromatic hydroxyl groups is 1. The van der Waals surface area contributed by atoms with E-state index in [1.54, 1.807) is 0 Å². The van der Waals surface area contributed by atoms with Crippen LogP contribution in [0.15, 0.2) is 18.2 Å². The number of nitrogens with zero attached hydrogens (tertiary/aromatic N) is 1. The zero-order valence-corrected chi connectivity index (χ0v) is 13.6. The van der Waals surface area contributed by atoms with Crippen LogP contribution in [0.5, 0.6) is 5.75 Å². The van der Waals surface area contributed by atoms with Crippen molar-refractivity contribution >= 4 is 27.3 Å². The summed E-state index contributed by atoms with van der Waals surface area (Å²) in [5.74, 6) is -0.701. The van der Waals surface area contributed by atoms with Crippen molar-refractivity contribution < 1.29 is 23.1 Å². The summed E-state index contributed by atoms with van der Waals surface area (Å²) >= 11 is 0. The van der Waals surface area contributed by atoms with Crippen molar-refractivity contribution in [3.05, 3.63) is 18.2 Å². The van der Waals surface area contributed by atoms with E-state index in [1.165, 1.54) is 25.3 Å². The van der Waals surface area contributed by atoms with Crippen molar-refractivity contribution in [2.75, 3.05) is 29.0 Å². The average molecular weight is 328 g/mol. The predicted octanol–water partition coefficient (Wildman–Crippen LogP) is 1.15. The zero-order chi connectivity index (χ0) is 16.5. The Morgan fingerprint density at radius 2 is 2.09 bits per heavy atom. The molecule has 1 aliphatic rings. The molecular formula is C14H20N2O5S. The Kier molecular flexibility index (Phi) is 4.62. The van der Waals surface area contributed by atoms with Crippen LogP contribution >= 0.6 is 0 Å². The number of hydrogen-bond donors (Lipinski definition) is 2. The number of benzene rings is 1. The van der Waals surface area contributed by atoms with Gasteiger partial charge in [0, 0.05) is 13.2 Å². The molecule has 1 unspecified atom stereocenters. The molecule has 2 rings (SSSR count). The fraction of sp³-hybridized carbons (Fsp3) is 0.500. The molecule has 0 bridgehead atoms. The average Bonchev–Trinajstić information content (AvgIpc) is 2.44. The number of fused-ring (bicyclic) bond motifs is 1. The van der Waals surface area contributed by atoms with Gasteiger partial charge in [-0.1, -0.05) is 13.8 Å². The van der Waals surface area contributed by atoms with Crippen LogP contribution in [0, 0.1) is 5.92 Å². The molecule has 7 nitrogen and oxygen atoms in total. The lowest BCUT2D eigenvalue weighted by atomic mass is 10.1. The minimum absolute atomic E-state index is 0.0158. The molecule has 0 fully saturated rings. The molecular weight excluding hydrogens is 308 g/mol. The maximum Gasteiger partial charge on any atom is 0.245 e. The highest BCUT2D eigenvalue weighted by Crippen LogP contribution is 2.34. The van der Waals surface area contributed by atoms with E-state index in [0.29, 0.717) is 5.69 Å².